The quantitative estimate of drug-likeness (QED) is 0.873. The Morgan fingerprint density at radius 3 is 2.79 bits per heavy atom. The normalized spacial score (nSPS) is 30.1. The maximum absolute atomic E-state index is 13.0. The van der Waals surface area contributed by atoms with Gasteiger partial charge >= 0.3 is 0 Å². The van der Waals surface area contributed by atoms with E-state index in [9.17, 15) is 9.90 Å². The number of hydrogen-bond donors (Lipinski definition) is 2. The van der Waals surface area contributed by atoms with Crippen LogP contribution < -0.4 is 5.73 Å². The van der Waals surface area contributed by atoms with Gasteiger partial charge < -0.3 is 15.6 Å². The standard InChI is InChI=1S/C18H23ClN2O3/c1-10(11(2)22)15(20)17-21-18(12-6-3-4-7-13(12)19)9-5-8-14(24-17)16(18)23/h3-4,6-7,10-11,14-15,22H,5,8-9,20H2,1-2H3/t10?,11?,14-,15?,18?/m0/s1. The highest BCUT2D eigenvalue weighted by Gasteiger charge is 2.52. The highest BCUT2D eigenvalue weighted by molar-refractivity contribution is 6.32. The summed E-state index contributed by atoms with van der Waals surface area (Å²) in [6.45, 7) is 3.53. The van der Waals surface area contributed by atoms with Crippen molar-refractivity contribution in [2.24, 2.45) is 16.6 Å². The summed E-state index contributed by atoms with van der Waals surface area (Å²) in [5.41, 5.74) is 5.94. The van der Waals surface area contributed by atoms with Crippen LogP contribution in [0.5, 0.6) is 0 Å². The first kappa shape index (κ1) is 17.4. The number of nitrogens with two attached hydrogens (primary N) is 1. The zero-order chi connectivity index (χ0) is 17.5. The van der Waals surface area contributed by atoms with Gasteiger partial charge in [-0.3, -0.25) is 4.79 Å². The first-order chi connectivity index (χ1) is 11.4. The Hall–Kier alpha value is -1.43. The van der Waals surface area contributed by atoms with Gasteiger partial charge in [0.15, 0.2) is 11.6 Å². The van der Waals surface area contributed by atoms with Crippen LogP contribution in [-0.4, -0.2) is 35.0 Å². The van der Waals surface area contributed by atoms with Crippen molar-refractivity contribution in [3.8, 4) is 0 Å². The minimum atomic E-state index is -1.02. The summed E-state index contributed by atoms with van der Waals surface area (Å²) in [5, 5.41) is 10.3. The van der Waals surface area contributed by atoms with Gasteiger partial charge in [0.05, 0.1) is 12.1 Å². The van der Waals surface area contributed by atoms with Gasteiger partial charge in [-0.25, -0.2) is 4.99 Å². The van der Waals surface area contributed by atoms with Crippen molar-refractivity contribution in [1.29, 1.82) is 0 Å². The minimum Gasteiger partial charge on any atom is -0.468 e. The number of carbonyl (C=O) groups is 1. The number of Topliss-reactive ketones (excluding diaryl/α,β-unsaturated/α-hetero) is 1. The Kier molecular flexibility index (Phi) is 4.69. The molecule has 0 saturated heterocycles. The van der Waals surface area contributed by atoms with Gasteiger partial charge in [0, 0.05) is 16.5 Å². The van der Waals surface area contributed by atoms with Crippen molar-refractivity contribution in [1.82, 2.24) is 0 Å². The smallest absolute Gasteiger partial charge is 0.205 e. The lowest BCUT2D eigenvalue weighted by molar-refractivity contribution is -0.137. The van der Waals surface area contributed by atoms with Crippen LogP contribution in [0.3, 0.4) is 0 Å². The third-order valence-corrected chi connectivity index (χ3v) is 5.53. The van der Waals surface area contributed by atoms with Crippen LogP contribution in [0.1, 0.15) is 38.7 Å². The number of halogens is 1. The van der Waals surface area contributed by atoms with Crippen molar-refractivity contribution < 1.29 is 14.6 Å². The number of carbonyl (C=O) groups excluding carboxylic acids is 1. The molecular weight excluding hydrogens is 328 g/mol. The molecule has 4 unspecified atom stereocenters. The summed E-state index contributed by atoms with van der Waals surface area (Å²) < 4.78 is 5.81. The van der Waals surface area contributed by atoms with Crippen LogP contribution in [0, 0.1) is 5.92 Å². The number of hydrogen-bond acceptors (Lipinski definition) is 5. The van der Waals surface area contributed by atoms with Crippen molar-refractivity contribution in [3.63, 3.8) is 0 Å². The van der Waals surface area contributed by atoms with Gasteiger partial charge in [0.1, 0.15) is 0 Å². The van der Waals surface area contributed by atoms with Gasteiger partial charge in [-0.1, -0.05) is 36.7 Å². The minimum absolute atomic E-state index is 0.0532. The molecule has 1 aliphatic carbocycles. The number of aliphatic imine (C=N–C) groups is 1. The maximum Gasteiger partial charge on any atom is 0.205 e. The summed E-state index contributed by atoms with van der Waals surface area (Å²) in [5.74, 6) is 0.0519. The average molecular weight is 351 g/mol. The number of ketones is 1. The number of aliphatic hydroxyl groups is 1. The van der Waals surface area contributed by atoms with Crippen molar-refractivity contribution in [2.45, 2.75) is 56.9 Å². The fourth-order valence-corrected chi connectivity index (χ4v) is 3.74. The number of fused-ring (bicyclic) bond motifs is 2. The van der Waals surface area contributed by atoms with E-state index in [0.29, 0.717) is 29.3 Å². The molecule has 2 aliphatic rings. The number of ether oxygens (including phenoxy) is 1. The molecular formula is C18H23ClN2O3. The Morgan fingerprint density at radius 2 is 2.12 bits per heavy atom. The molecule has 0 amide bonds. The molecule has 130 valence electrons. The van der Waals surface area contributed by atoms with Gasteiger partial charge in [0.25, 0.3) is 0 Å². The molecule has 3 rings (SSSR count). The predicted octanol–water partition coefficient (Wildman–Crippen LogP) is 2.43. The monoisotopic (exact) mass is 350 g/mol. The van der Waals surface area contributed by atoms with Gasteiger partial charge in [-0.15, -0.1) is 0 Å². The molecule has 1 heterocycles. The first-order valence-electron chi connectivity index (χ1n) is 8.36. The maximum atomic E-state index is 13.0. The van der Waals surface area contributed by atoms with Crippen LogP contribution in [0.25, 0.3) is 0 Å². The second-order valence-corrected chi connectivity index (χ2v) is 7.19. The van der Waals surface area contributed by atoms with Crippen LogP contribution >= 0.6 is 11.6 Å². The van der Waals surface area contributed by atoms with Crippen LogP contribution in [0.2, 0.25) is 5.02 Å². The lowest BCUT2D eigenvalue weighted by atomic mass is 9.73. The summed E-state index contributed by atoms with van der Waals surface area (Å²) in [6, 6.07) is 6.74. The van der Waals surface area contributed by atoms with Crippen LogP contribution in [0.15, 0.2) is 29.3 Å². The van der Waals surface area contributed by atoms with Crippen molar-refractivity contribution >= 4 is 23.3 Å². The van der Waals surface area contributed by atoms with Crippen LogP contribution in [-0.2, 0) is 15.1 Å². The Labute approximate surface area is 146 Å². The highest BCUT2D eigenvalue weighted by atomic mass is 35.5. The molecule has 0 aromatic heterocycles. The molecule has 5 atom stereocenters. The Bertz CT molecular complexity index is 676. The number of nitrogens with zero attached hydrogens (tertiary/aromatic N) is 1. The van der Waals surface area contributed by atoms with E-state index >= 15 is 0 Å². The van der Waals surface area contributed by atoms with Gasteiger partial charge in [-0.2, -0.15) is 0 Å². The second-order valence-electron chi connectivity index (χ2n) is 6.78. The molecule has 1 saturated carbocycles. The van der Waals surface area contributed by atoms with E-state index in [2.05, 4.69) is 4.99 Å². The van der Waals surface area contributed by atoms with E-state index in [4.69, 9.17) is 22.1 Å². The lowest BCUT2D eigenvalue weighted by Crippen LogP contribution is -2.55. The lowest BCUT2D eigenvalue weighted by Gasteiger charge is -2.43. The second kappa shape index (κ2) is 6.47. The molecule has 0 spiro atoms. The number of aliphatic hydroxyl groups excluding tert-OH is 1. The van der Waals surface area contributed by atoms with E-state index < -0.39 is 23.8 Å². The molecule has 5 nitrogen and oxygen atoms in total. The number of benzene rings is 1. The molecule has 1 fully saturated rings. The third kappa shape index (κ3) is 2.75. The van der Waals surface area contributed by atoms with E-state index in [0.717, 1.165) is 6.42 Å². The number of rotatable bonds is 4. The molecule has 1 aromatic rings. The molecule has 1 aliphatic heterocycles. The summed E-state index contributed by atoms with van der Waals surface area (Å²) in [6.07, 6.45) is 0.934. The van der Waals surface area contributed by atoms with Crippen molar-refractivity contribution in [2.75, 3.05) is 0 Å². The van der Waals surface area contributed by atoms with Crippen molar-refractivity contribution in [3.05, 3.63) is 34.9 Å². The predicted molar refractivity (Wildman–Crippen MR) is 93.1 cm³/mol. The van der Waals surface area contributed by atoms with Gasteiger partial charge in [0.2, 0.25) is 11.7 Å². The Balaban J connectivity index is 2.09. The van der Waals surface area contributed by atoms with Gasteiger partial charge in [-0.05, 0) is 32.3 Å². The fourth-order valence-electron chi connectivity index (χ4n) is 3.45. The molecule has 0 radical (unpaired) electrons. The summed E-state index contributed by atoms with van der Waals surface area (Å²) >= 11 is 6.37. The first-order valence-corrected chi connectivity index (χ1v) is 8.74. The van der Waals surface area contributed by atoms with Crippen LogP contribution in [0.4, 0.5) is 0 Å². The highest BCUT2D eigenvalue weighted by Crippen LogP contribution is 2.44. The SMILES string of the molecule is CC(O)C(C)C(N)C1=NC2(c3ccccc3Cl)CCC[C@H](O1)C2=O. The third-order valence-electron chi connectivity index (χ3n) is 5.20. The molecule has 24 heavy (non-hydrogen) atoms. The molecule has 6 heteroatoms. The van der Waals surface area contributed by atoms with E-state index in [1.807, 2.05) is 25.1 Å². The summed E-state index contributed by atoms with van der Waals surface area (Å²) in [4.78, 5) is 17.6. The molecule has 1 aromatic carbocycles. The average Bonchev–Trinajstić information content (AvgIpc) is 2.54. The summed E-state index contributed by atoms with van der Waals surface area (Å²) in [7, 11) is 0. The molecule has 2 bridgehead atoms. The topological polar surface area (TPSA) is 84.9 Å². The zero-order valence-corrected chi connectivity index (χ0v) is 14.7. The van der Waals surface area contributed by atoms with E-state index in [1.54, 1.807) is 13.0 Å². The Morgan fingerprint density at radius 1 is 1.42 bits per heavy atom. The largest absolute Gasteiger partial charge is 0.468 e. The van der Waals surface area contributed by atoms with E-state index in [-0.39, 0.29) is 11.7 Å². The molecule has 3 N–H and O–H groups in total. The fraction of sp³-hybridized carbons (Fsp3) is 0.556. The zero-order valence-electron chi connectivity index (χ0n) is 13.9. The van der Waals surface area contributed by atoms with E-state index in [1.165, 1.54) is 0 Å².